The number of hydrogen-bond donors (Lipinski definition) is 1. The van der Waals surface area contributed by atoms with Gasteiger partial charge >= 0.3 is 5.97 Å². The minimum absolute atomic E-state index is 0.191. The molecule has 1 aromatic carbocycles. The number of allylic oxidation sites excluding steroid dienone is 1. The summed E-state index contributed by atoms with van der Waals surface area (Å²) >= 11 is 1.52. The molecule has 0 aromatic heterocycles. The first-order valence-corrected chi connectivity index (χ1v) is 14.6. The molecule has 4 aliphatic heterocycles. The molecule has 1 spiro atoms. The van der Waals surface area contributed by atoms with Crippen LogP contribution in [-0.2, 0) is 19.1 Å². The lowest BCUT2D eigenvalue weighted by molar-refractivity contribution is -0.154. The van der Waals surface area contributed by atoms with Gasteiger partial charge in [0.25, 0.3) is 5.91 Å². The Hall–Kier alpha value is -2.78. The molecule has 0 saturated carbocycles. The number of likely N-dealkylation sites (tertiary alicyclic amines) is 1. The number of anilines is 1. The maximum Gasteiger partial charge on any atom is 0.311 e. The fourth-order valence-electron chi connectivity index (χ4n) is 6.78. The highest BCUT2D eigenvalue weighted by molar-refractivity contribution is 8.02. The summed E-state index contributed by atoms with van der Waals surface area (Å²) in [6.45, 7) is 6.41. The zero-order valence-electron chi connectivity index (χ0n) is 23.0. The second-order valence-corrected chi connectivity index (χ2v) is 13.3. The molecule has 1 aromatic rings. The Balaban J connectivity index is 1.66. The summed E-state index contributed by atoms with van der Waals surface area (Å²) in [6, 6.07) is 5.84. The molecule has 39 heavy (non-hydrogen) atoms. The van der Waals surface area contributed by atoms with Gasteiger partial charge in [0.1, 0.15) is 11.8 Å². The van der Waals surface area contributed by atoms with Crippen LogP contribution in [0.5, 0.6) is 5.75 Å². The number of fused-ring (bicyclic) bond motifs is 2. The van der Waals surface area contributed by atoms with Crippen molar-refractivity contribution in [1.82, 2.24) is 4.90 Å². The highest BCUT2D eigenvalue weighted by atomic mass is 32.2. The lowest BCUT2D eigenvalue weighted by Crippen LogP contribution is -2.57. The van der Waals surface area contributed by atoms with Crippen molar-refractivity contribution in [3.63, 3.8) is 0 Å². The Bertz CT molecular complexity index is 1180. The van der Waals surface area contributed by atoms with E-state index in [2.05, 4.69) is 6.08 Å². The van der Waals surface area contributed by atoms with Gasteiger partial charge in [-0.3, -0.25) is 14.4 Å². The summed E-state index contributed by atoms with van der Waals surface area (Å²) in [7, 11) is 1.59. The van der Waals surface area contributed by atoms with E-state index in [4.69, 9.17) is 9.47 Å². The van der Waals surface area contributed by atoms with E-state index in [9.17, 15) is 19.5 Å². The third-order valence-electron chi connectivity index (χ3n) is 8.42. The maximum absolute atomic E-state index is 14.6. The fraction of sp³-hybridized carbons (Fsp3) is 0.567. The number of carbonyl (C=O) groups is 3. The van der Waals surface area contributed by atoms with Crippen LogP contribution in [0.3, 0.4) is 0 Å². The Morgan fingerprint density at radius 1 is 1.10 bits per heavy atom. The zero-order valence-corrected chi connectivity index (χ0v) is 23.9. The van der Waals surface area contributed by atoms with Gasteiger partial charge in [0.15, 0.2) is 0 Å². The third-order valence-corrected chi connectivity index (χ3v) is 10.2. The molecule has 2 fully saturated rings. The second kappa shape index (κ2) is 10.7. The van der Waals surface area contributed by atoms with E-state index < -0.39 is 39.4 Å². The molecule has 6 atom stereocenters. The lowest BCUT2D eigenvalue weighted by atomic mass is 9.74. The molecule has 0 aliphatic carbocycles. The third kappa shape index (κ3) is 4.57. The molecule has 4 aliphatic rings. The number of thioether (sulfide) groups is 1. The summed E-state index contributed by atoms with van der Waals surface area (Å²) in [6.07, 6.45) is 10.1. The molecule has 2 amide bonds. The van der Waals surface area contributed by atoms with E-state index >= 15 is 0 Å². The number of cyclic esters (lactones) is 1. The molecular formula is C30H38N2O6S. The summed E-state index contributed by atoms with van der Waals surface area (Å²) in [5, 5.41) is 10.5. The van der Waals surface area contributed by atoms with Crippen LogP contribution in [0.2, 0.25) is 0 Å². The van der Waals surface area contributed by atoms with Crippen LogP contribution < -0.4 is 9.64 Å². The SMILES string of the molecule is COc1ccc(N2CC=C[C@]34S[C@]5(C)/C=C\CCCOC(=O)[C@@H]5[C@H]3C(=O)N([C@@H](CO)CC(C)C)C4C2=O)cc1. The number of hydrogen-bond acceptors (Lipinski definition) is 7. The first-order valence-electron chi connectivity index (χ1n) is 13.8. The standard InChI is InChI=1S/C30H38N2O6S/c1-19(2)17-21(18-33)32-25-27(35)31(20-9-11-22(37-4)12-10-20)15-8-14-30(25)23(26(32)34)24-28(36)38-16-7-5-6-13-29(24,3)39-30/h6,8-14,19,21,23-25,33H,5,7,15-18H2,1-4H3/b13-6-/t21-,23+,24+,25?,29-,30+/m1/s1. The number of aliphatic hydroxyl groups excluding tert-OH is 1. The summed E-state index contributed by atoms with van der Waals surface area (Å²) in [5.41, 5.74) is 0.693. The van der Waals surface area contributed by atoms with Gasteiger partial charge in [-0.2, -0.15) is 0 Å². The lowest BCUT2D eigenvalue weighted by Gasteiger charge is -2.40. The van der Waals surface area contributed by atoms with Crippen LogP contribution in [-0.4, -0.2) is 76.2 Å². The molecule has 0 bridgehead atoms. The highest BCUT2D eigenvalue weighted by Gasteiger charge is 2.74. The number of ether oxygens (including phenoxy) is 2. The van der Waals surface area contributed by atoms with Crippen molar-refractivity contribution in [2.45, 2.75) is 61.6 Å². The van der Waals surface area contributed by atoms with Gasteiger partial charge in [0.2, 0.25) is 5.91 Å². The number of rotatable bonds is 6. The predicted octanol–water partition coefficient (Wildman–Crippen LogP) is 3.59. The molecule has 0 radical (unpaired) electrons. The normalized spacial score (nSPS) is 33.9. The smallest absolute Gasteiger partial charge is 0.311 e. The van der Waals surface area contributed by atoms with Gasteiger partial charge in [0, 0.05) is 17.0 Å². The van der Waals surface area contributed by atoms with Crippen molar-refractivity contribution < 1.29 is 29.0 Å². The van der Waals surface area contributed by atoms with E-state index in [0.717, 1.165) is 12.8 Å². The zero-order chi connectivity index (χ0) is 27.9. The van der Waals surface area contributed by atoms with Crippen molar-refractivity contribution in [1.29, 1.82) is 0 Å². The van der Waals surface area contributed by atoms with E-state index in [1.54, 1.807) is 29.0 Å². The van der Waals surface area contributed by atoms with E-state index in [-0.39, 0.29) is 24.3 Å². The minimum Gasteiger partial charge on any atom is -0.497 e. The molecule has 4 heterocycles. The van der Waals surface area contributed by atoms with Crippen LogP contribution in [0, 0.1) is 17.8 Å². The highest BCUT2D eigenvalue weighted by Crippen LogP contribution is 2.65. The molecule has 2 saturated heterocycles. The Kier molecular flexibility index (Phi) is 7.59. The monoisotopic (exact) mass is 554 g/mol. The topological polar surface area (TPSA) is 96.4 Å². The first-order chi connectivity index (χ1) is 18.7. The fourth-order valence-corrected chi connectivity index (χ4v) is 8.92. The van der Waals surface area contributed by atoms with Crippen molar-refractivity contribution in [2.24, 2.45) is 17.8 Å². The van der Waals surface area contributed by atoms with Gasteiger partial charge in [-0.25, -0.2) is 0 Å². The number of amides is 2. The number of benzene rings is 1. The average Bonchev–Trinajstić information content (AvgIpc) is 3.26. The molecule has 1 unspecified atom stereocenters. The number of carbonyl (C=O) groups excluding carboxylic acids is 3. The van der Waals surface area contributed by atoms with Gasteiger partial charge in [0.05, 0.1) is 42.9 Å². The Labute approximate surface area is 234 Å². The quantitative estimate of drug-likeness (QED) is 0.424. The van der Waals surface area contributed by atoms with Crippen molar-refractivity contribution in [3.8, 4) is 5.75 Å². The first kappa shape index (κ1) is 27.8. The average molecular weight is 555 g/mol. The number of methoxy groups -OCH3 is 1. The largest absolute Gasteiger partial charge is 0.497 e. The minimum atomic E-state index is -0.984. The summed E-state index contributed by atoms with van der Waals surface area (Å²) < 4.78 is 9.28. The maximum atomic E-state index is 14.6. The molecular weight excluding hydrogens is 516 g/mol. The van der Waals surface area contributed by atoms with E-state index in [0.29, 0.717) is 31.0 Å². The molecule has 210 valence electrons. The van der Waals surface area contributed by atoms with Gasteiger partial charge in [-0.1, -0.05) is 38.2 Å². The Morgan fingerprint density at radius 2 is 1.85 bits per heavy atom. The van der Waals surface area contributed by atoms with Crippen LogP contribution in [0.25, 0.3) is 0 Å². The van der Waals surface area contributed by atoms with E-state index in [1.165, 1.54) is 11.8 Å². The Morgan fingerprint density at radius 3 is 2.51 bits per heavy atom. The van der Waals surface area contributed by atoms with Gasteiger partial charge in [-0.15, -0.1) is 11.8 Å². The molecule has 9 heteroatoms. The van der Waals surface area contributed by atoms with Crippen molar-refractivity contribution >= 4 is 35.2 Å². The van der Waals surface area contributed by atoms with Crippen LogP contribution in [0.15, 0.2) is 48.6 Å². The molecule has 1 N–H and O–H groups in total. The number of aliphatic hydroxyl groups is 1. The predicted molar refractivity (Wildman–Crippen MR) is 150 cm³/mol. The molecule has 5 rings (SSSR count). The summed E-state index contributed by atoms with van der Waals surface area (Å²) in [4.78, 5) is 46.0. The van der Waals surface area contributed by atoms with Crippen molar-refractivity contribution in [2.75, 3.05) is 31.8 Å². The van der Waals surface area contributed by atoms with Crippen LogP contribution in [0.1, 0.15) is 40.0 Å². The second-order valence-electron chi connectivity index (χ2n) is 11.5. The van der Waals surface area contributed by atoms with Gasteiger partial charge in [-0.05, 0) is 56.4 Å². The summed E-state index contributed by atoms with van der Waals surface area (Å²) in [5.74, 6) is -1.54. The number of nitrogens with zero attached hydrogens (tertiary/aromatic N) is 2. The molecule has 8 nitrogen and oxygen atoms in total. The van der Waals surface area contributed by atoms with Crippen LogP contribution in [0.4, 0.5) is 5.69 Å². The van der Waals surface area contributed by atoms with E-state index in [1.807, 2.05) is 51.1 Å². The van der Waals surface area contributed by atoms with Crippen LogP contribution >= 0.6 is 11.8 Å². The van der Waals surface area contributed by atoms with Gasteiger partial charge < -0.3 is 24.4 Å². The van der Waals surface area contributed by atoms with Crippen molar-refractivity contribution in [3.05, 3.63) is 48.6 Å². The number of esters is 1.